The number of benzene rings is 1. The second kappa shape index (κ2) is 10.5. The van der Waals surface area contributed by atoms with E-state index in [0.29, 0.717) is 6.54 Å². The molecule has 23 heavy (non-hydrogen) atoms. The lowest BCUT2D eigenvalue weighted by atomic mass is 10.1. The van der Waals surface area contributed by atoms with Crippen molar-refractivity contribution >= 4 is 41.6 Å². The molecule has 0 amide bonds. The van der Waals surface area contributed by atoms with E-state index >= 15 is 0 Å². The Morgan fingerprint density at radius 1 is 1.26 bits per heavy atom. The Balaban J connectivity index is 0.00000264. The molecule has 6 heteroatoms. The highest BCUT2D eigenvalue weighted by Gasteiger charge is 2.17. The van der Waals surface area contributed by atoms with Crippen molar-refractivity contribution in [2.45, 2.75) is 26.2 Å². The van der Waals surface area contributed by atoms with E-state index in [0.717, 1.165) is 24.7 Å². The second-order valence-corrected chi connectivity index (χ2v) is 5.63. The number of guanidine groups is 1. The van der Waals surface area contributed by atoms with Crippen LogP contribution in [0, 0.1) is 5.92 Å². The summed E-state index contributed by atoms with van der Waals surface area (Å²) in [4.78, 5) is 18.4. The molecule has 128 valence electrons. The number of nitrogens with zero attached hydrogens (tertiary/aromatic N) is 2. The normalized spacial score (nSPS) is 16.3. The van der Waals surface area contributed by atoms with Crippen LogP contribution in [-0.4, -0.2) is 43.6 Å². The van der Waals surface area contributed by atoms with Crippen LogP contribution in [0.15, 0.2) is 35.3 Å². The van der Waals surface area contributed by atoms with Crippen LogP contribution in [0.4, 0.5) is 5.69 Å². The second-order valence-electron chi connectivity index (χ2n) is 5.63. The van der Waals surface area contributed by atoms with Crippen LogP contribution in [0.1, 0.15) is 26.2 Å². The molecular weight excluding hydrogens is 405 g/mol. The molecule has 0 bridgehead atoms. The summed E-state index contributed by atoms with van der Waals surface area (Å²) in [5.41, 5.74) is 1.01. The Morgan fingerprint density at radius 3 is 2.52 bits per heavy atom. The van der Waals surface area contributed by atoms with Gasteiger partial charge in [-0.3, -0.25) is 9.79 Å². The molecule has 0 spiro atoms. The molecule has 1 heterocycles. The first-order valence-electron chi connectivity index (χ1n) is 7.90. The van der Waals surface area contributed by atoms with Crippen molar-refractivity contribution in [3.63, 3.8) is 0 Å². The predicted octanol–water partition coefficient (Wildman–Crippen LogP) is 3.37. The number of methoxy groups -OCH3 is 1. The number of anilines is 1. The van der Waals surface area contributed by atoms with E-state index in [-0.39, 0.29) is 35.9 Å². The number of para-hydroxylation sites is 1. The molecule has 0 aliphatic carbocycles. The first-order chi connectivity index (χ1) is 10.7. The largest absolute Gasteiger partial charge is 0.469 e. The zero-order chi connectivity index (χ0) is 15.8. The van der Waals surface area contributed by atoms with Crippen LogP contribution in [0.25, 0.3) is 0 Å². The van der Waals surface area contributed by atoms with Gasteiger partial charge in [-0.15, -0.1) is 24.0 Å². The van der Waals surface area contributed by atoms with Crippen LogP contribution in [-0.2, 0) is 9.53 Å². The number of aliphatic imine (C=N–C) groups is 1. The summed E-state index contributed by atoms with van der Waals surface area (Å²) >= 11 is 0. The van der Waals surface area contributed by atoms with Crippen LogP contribution in [0.5, 0.6) is 0 Å². The average molecular weight is 431 g/mol. The Hall–Kier alpha value is -1.31. The van der Waals surface area contributed by atoms with Gasteiger partial charge in [0.1, 0.15) is 0 Å². The van der Waals surface area contributed by atoms with Crippen molar-refractivity contribution in [1.82, 2.24) is 4.90 Å². The summed E-state index contributed by atoms with van der Waals surface area (Å²) < 4.78 is 4.77. The molecule has 0 radical (unpaired) electrons. The standard InChI is InChI=1S/C17H25N3O2.HI/c1-14(16(21)22-2)13-18-17(20-11-7-4-8-12-20)19-15-9-5-3-6-10-15;/h3,5-6,9-10,14H,4,7-8,11-13H2,1-2H3,(H,18,19);1H. The average Bonchev–Trinajstić information content (AvgIpc) is 2.59. The quantitative estimate of drug-likeness (QED) is 0.344. The lowest BCUT2D eigenvalue weighted by molar-refractivity contribution is -0.144. The van der Waals surface area contributed by atoms with E-state index in [4.69, 9.17) is 4.74 Å². The van der Waals surface area contributed by atoms with Gasteiger partial charge in [-0.2, -0.15) is 0 Å². The predicted molar refractivity (Wildman–Crippen MR) is 104 cm³/mol. The summed E-state index contributed by atoms with van der Waals surface area (Å²) in [6.45, 7) is 4.28. The lowest BCUT2D eigenvalue weighted by Crippen LogP contribution is -2.40. The van der Waals surface area contributed by atoms with E-state index in [1.165, 1.54) is 26.4 Å². The van der Waals surface area contributed by atoms with Crippen molar-refractivity contribution in [1.29, 1.82) is 0 Å². The SMILES string of the molecule is COC(=O)C(C)CN=C(Nc1ccccc1)N1CCCCC1.I. The summed E-state index contributed by atoms with van der Waals surface area (Å²) in [5.74, 6) is 0.394. The summed E-state index contributed by atoms with van der Waals surface area (Å²) in [7, 11) is 1.41. The Labute approximate surface area is 155 Å². The zero-order valence-corrected chi connectivity index (χ0v) is 16.2. The first-order valence-corrected chi connectivity index (χ1v) is 7.90. The fourth-order valence-electron chi connectivity index (χ4n) is 2.47. The van der Waals surface area contributed by atoms with Gasteiger partial charge in [0.2, 0.25) is 0 Å². The fraction of sp³-hybridized carbons (Fsp3) is 0.529. The molecule has 5 nitrogen and oxygen atoms in total. The highest BCUT2D eigenvalue weighted by molar-refractivity contribution is 14.0. The molecule has 1 fully saturated rings. The molecule has 1 aromatic carbocycles. The maximum Gasteiger partial charge on any atom is 0.310 e. The van der Waals surface area contributed by atoms with Crippen molar-refractivity contribution in [2.24, 2.45) is 10.9 Å². The molecule has 0 saturated carbocycles. The van der Waals surface area contributed by atoms with Crippen LogP contribution < -0.4 is 5.32 Å². The maximum absolute atomic E-state index is 11.5. The number of rotatable bonds is 4. The van der Waals surface area contributed by atoms with Crippen LogP contribution >= 0.6 is 24.0 Å². The third-order valence-electron chi connectivity index (χ3n) is 3.80. The highest BCUT2D eigenvalue weighted by atomic mass is 127. The number of hydrogen-bond donors (Lipinski definition) is 1. The minimum Gasteiger partial charge on any atom is -0.469 e. The van der Waals surface area contributed by atoms with E-state index in [9.17, 15) is 4.79 Å². The fourth-order valence-corrected chi connectivity index (χ4v) is 2.47. The highest BCUT2D eigenvalue weighted by Crippen LogP contribution is 2.13. The first kappa shape index (κ1) is 19.7. The van der Waals surface area contributed by atoms with Crippen LogP contribution in [0.3, 0.4) is 0 Å². The van der Waals surface area contributed by atoms with Crippen molar-refractivity contribution in [3.8, 4) is 0 Å². The van der Waals surface area contributed by atoms with Gasteiger partial charge in [0, 0.05) is 18.8 Å². The monoisotopic (exact) mass is 431 g/mol. The van der Waals surface area contributed by atoms with Crippen molar-refractivity contribution in [3.05, 3.63) is 30.3 Å². The number of esters is 1. The molecule has 1 aromatic rings. The summed E-state index contributed by atoms with van der Waals surface area (Å²) in [6, 6.07) is 10.0. The molecule has 1 aliphatic rings. The Morgan fingerprint density at radius 2 is 1.91 bits per heavy atom. The van der Waals surface area contributed by atoms with E-state index in [1.54, 1.807) is 0 Å². The van der Waals surface area contributed by atoms with Gasteiger partial charge in [-0.05, 0) is 31.4 Å². The number of carbonyl (C=O) groups is 1. The molecule has 0 aromatic heterocycles. The van der Waals surface area contributed by atoms with Gasteiger partial charge in [-0.1, -0.05) is 25.1 Å². The van der Waals surface area contributed by atoms with Crippen molar-refractivity contribution < 1.29 is 9.53 Å². The number of nitrogens with one attached hydrogen (secondary N) is 1. The van der Waals surface area contributed by atoms with Gasteiger partial charge < -0.3 is 15.0 Å². The molecule has 1 N–H and O–H groups in total. The third kappa shape index (κ3) is 6.37. The zero-order valence-electron chi connectivity index (χ0n) is 13.8. The Bertz CT molecular complexity index is 502. The topological polar surface area (TPSA) is 53.9 Å². The number of hydrogen-bond acceptors (Lipinski definition) is 3. The third-order valence-corrected chi connectivity index (χ3v) is 3.80. The number of piperidine rings is 1. The lowest BCUT2D eigenvalue weighted by Gasteiger charge is -2.30. The van der Waals surface area contributed by atoms with Gasteiger partial charge in [-0.25, -0.2) is 0 Å². The summed E-state index contributed by atoms with van der Waals surface area (Å²) in [6.07, 6.45) is 3.64. The van der Waals surface area contributed by atoms with E-state index in [1.807, 2.05) is 37.3 Å². The smallest absolute Gasteiger partial charge is 0.310 e. The number of likely N-dealkylation sites (tertiary alicyclic amines) is 1. The Kier molecular flexibility index (Phi) is 8.98. The number of halogens is 1. The number of ether oxygens (including phenoxy) is 1. The maximum atomic E-state index is 11.5. The minimum atomic E-state index is -0.234. The minimum absolute atomic E-state index is 0. The van der Waals surface area contributed by atoms with Gasteiger partial charge >= 0.3 is 5.97 Å². The van der Waals surface area contributed by atoms with Crippen LogP contribution in [0.2, 0.25) is 0 Å². The molecule has 1 unspecified atom stereocenters. The van der Waals surface area contributed by atoms with E-state index in [2.05, 4.69) is 15.2 Å². The molecular formula is C17H26IN3O2. The molecule has 1 aliphatic heterocycles. The van der Waals surface area contributed by atoms with Crippen molar-refractivity contribution in [2.75, 3.05) is 32.1 Å². The van der Waals surface area contributed by atoms with E-state index < -0.39 is 0 Å². The number of carbonyl (C=O) groups excluding carboxylic acids is 1. The molecule has 1 saturated heterocycles. The summed E-state index contributed by atoms with van der Waals surface area (Å²) in [5, 5.41) is 3.38. The van der Waals surface area contributed by atoms with Gasteiger partial charge in [0.25, 0.3) is 0 Å². The van der Waals surface area contributed by atoms with Gasteiger partial charge in [0.15, 0.2) is 5.96 Å². The molecule has 2 rings (SSSR count). The molecule has 1 atom stereocenters. The van der Waals surface area contributed by atoms with Gasteiger partial charge in [0.05, 0.1) is 19.6 Å².